The molecule has 0 spiro atoms. The van der Waals surface area contributed by atoms with Gasteiger partial charge >= 0.3 is 0 Å². The fourth-order valence-electron chi connectivity index (χ4n) is 2.98. The van der Waals surface area contributed by atoms with Gasteiger partial charge in [0.15, 0.2) is 0 Å². The van der Waals surface area contributed by atoms with Gasteiger partial charge in [0.05, 0.1) is 6.10 Å². The van der Waals surface area contributed by atoms with Crippen molar-refractivity contribution in [3.8, 4) is 0 Å². The quantitative estimate of drug-likeness (QED) is 0.520. The first-order valence-corrected chi connectivity index (χ1v) is 5.75. The normalized spacial score (nSPS) is 39.6. The van der Waals surface area contributed by atoms with Gasteiger partial charge in [-0.2, -0.15) is 0 Å². The molecule has 2 bridgehead atoms. The maximum Gasteiger partial charge on any atom is 0.0636 e. The first kappa shape index (κ1) is 10.2. The highest BCUT2D eigenvalue weighted by Gasteiger charge is 2.47. The summed E-state index contributed by atoms with van der Waals surface area (Å²) >= 11 is 0. The zero-order chi connectivity index (χ0) is 10.0. The van der Waals surface area contributed by atoms with Crippen molar-refractivity contribution in [3.63, 3.8) is 0 Å². The summed E-state index contributed by atoms with van der Waals surface area (Å²) in [5.41, 5.74) is 0.111. The SMILES string of the molecule is OCCCCCC12C=CC(CC1O)C2. The highest BCUT2D eigenvalue weighted by molar-refractivity contribution is 5.19. The molecule has 1 saturated carbocycles. The molecule has 2 heteroatoms. The van der Waals surface area contributed by atoms with Crippen molar-refractivity contribution in [2.24, 2.45) is 11.3 Å². The summed E-state index contributed by atoms with van der Waals surface area (Å²) in [6.07, 6.45) is 10.8. The highest BCUT2D eigenvalue weighted by Crippen LogP contribution is 2.52. The van der Waals surface area contributed by atoms with Crippen LogP contribution < -0.4 is 0 Å². The van der Waals surface area contributed by atoms with Gasteiger partial charge in [-0.05, 0) is 31.6 Å². The van der Waals surface area contributed by atoms with E-state index in [0.717, 1.165) is 38.5 Å². The number of hydrogen-bond donors (Lipinski definition) is 2. The van der Waals surface area contributed by atoms with Crippen molar-refractivity contribution < 1.29 is 10.2 Å². The number of unbranched alkanes of at least 4 members (excludes halogenated alkanes) is 2. The summed E-state index contributed by atoms with van der Waals surface area (Å²) in [7, 11) is 0. The third-order valence-electron chi connectivity index (χ3n) is 3.83. The van der Waals surface area contributed by atoms with Gasteiger partial charge in [0, 0.05) is 12.0 Å². The van der Waals surface area contributed by atoms with Crippen molar-refractivity contribution in [1.82, 2.24) is 0 Å². The predicted molar refractivity (Wildman–Crippen MR) is 55.9 cm³/mol. The fourth-order valence-corrected chi connectivity index (χ4v) is 2.98. The van der Waals surface area contributed by atoms with E-state index in [0.29, 0.717) is 12.5 Å². The van der Waals surface area contributed by atoms with Gasteiger partial charge in [0.2, 0.25) is 0 Å². The maximum absolute atomic E-state index is 9.93. The maximum atomic E-state index is 9.93. The van der Waals surface area contributed by atoms with Gasteiger partial charge in [-0.3, -0.25) is 0 Å². The van der Waals surface area contributed by atoms with E-state index in [2.05, 4.69) is 12.2 Å². The van der Waals surface area contributed by atoms with E-state index in [4.69, 9.17) is 5.11 Å². The van der Waals surface area contributed by atoms with Crippen LogP contribution in [0.2, 0.25) is 0 Å². The summed E-state index contributed by atoms with van der Waals surface area (Å²) in [5.74, 6) is 0.642. The molecule has 0 amide bonds. The molecule has 0 aromatic rings. The van der Waals surface area contributed by atoms with Gasteiger partial charge < -0.3 is 10.2 Å². The van der Waals surface area contributed by atoms with Crippen molar-refractivity contribution in [2.75, 3.05) is 6.61 Å². The highest BCUT2D eigenvalue weighted by atomic mass is 16.3. The lowest BCUT2D eigenvalue weighted by Gasteiger charge is -2.28. The van der Waals surface area contributed by atoms with Crippen molar-refractivity contribution in [1.29, 1.82) is 0 Å². The van der Waals surface area contributed by atoms with Crippen LogP contribution >= 0.6 is 0 Å². The second-order valence-electron chi connectivity index (χ2n) is 4.84. The van der Waals surface area contributed by atoms with Crippen LogP contribution in [0.25, 0.3) is 0 Å². The third-order valence-corrected chi connectivity index (χ3v) is 3.83. The second kappa shape index (κ2) is 4.03. The number of allylic oxidation sites excluding steroid dienone is 1. The van der Waals surface area contributed by atoms with Crippen molar-refractivity contribution in [2.45, 2.75) is 44.6 Å². The third kappa shape index (κ3) is 1.73. The minimum absolute atomic E-state index is 0.105. The molecule has 0 heterocycles. The number of hydrogen-bond acceptors (Lipinski definition) is 2. The van der Waals surface area contributed by atoms with Crippen LogP contribution in [0.5, 0.6) is 0 Å². The lowest BCUT2D eigenvalue weighted by molar-refractivity contribution is 0.0767. The molecule has 1 fully saturated rings. The Balaban J connectivity index is 1.81. The van der Waals surface area contributed by atoms with Gasteiger partial charge in [0.25, 0.3) is 0 Å². The van der Waals surface area contributed by atoms with Crippen molar-refractivity contribution in [3.05, 3.63) is 12.2 Å². The Kier molecular flexibility index (Phi) is 2.93. The van der Waals surface area contributed by atoms with Gasteiger partial charge in [0.1, 0.15) is 0 Å². The summed E-state index contributed by atoms with van der Waals surface area (Å²) in [5, 5.41) is 18.6. The van der Waals surface area contributed by atoms with E-state index < -0.39 is 0 Å². The fraction of sp³-hybridized carbons (Fsp3) is 0.833. The van der Waals surface area contributed by atoms with Crippen molar-refractivity contribution >= 4 is 0 Å². The molecule has 14 heavy (non-hydrogen) atoms. The Morgan fingerprint density at radius 2 is 2.14 bits per heavy atom. The molecule has 0 radical (unpaired) electrons. The second-order valence-corrected chi connectivity index (χ2v) is 4.84. The predicted octanol–water partition coefficient (Wildman–Crippen LogP) is 1.87. The Morgan fingerprint density at radius 1 is 1.29 bits per heavy atom. The largest absolute Gasteiger partial charge is 0.396 e. The Hall–Kier alpha value is -0.340. The lowest BCUT2D eigenvalue weighted by Crippen LogP contribution is -2.27. The van der Waals surface area contributed by atoms with E-state index >= 15 is 0 Å². The molecule has 3 unspecified atom stereocenters. The Bertz CT molecular complexity index is 224. The molecule has 80 valence electrons. The average Bonchev–Trinajstić information content (AvgIpc) is 2.70. The monoisotopic (exact) mass is 196 g/mol. The van der Waals surface area contributed by atoms with Gasteiger partial charge in [-0.15, -0.1) is 0 Å². The topological polar surface area (TPSA) is 40.5 Å². The summed E-state index contributed by atoms with van der Waals surface area (Å²) in [4.78, 5) is 0. The van der Waals surface area contributed by atoms with Gasteiger partial charge in [-0.1, -0.05) is 25.0 Å². The van der Waals surface area contributed by atoms with E-state index in [-0.39, 0.29) is 11.5 Å². The smallest absolute Gasteiger partial charge is 0.0636 e. The first-order valence-electron chi connectivity index (χ1n) is 5.75. The average molecular weight is 196 g/mol. The van der Waals surface area contributed by atoms with Crippen LogP contribution in [0.3, 0.4) is 0 Å². The van der Waals surface area contributed by atoms with Crippen LogP contribution in [0.1, 0.15) is 38.5 Å². The molecule has 2 N–H and O–H groups in total. The molecule has 0 aromatic carbocycles. The van der Waals surface area contributed by atoms with Crippen LogP contribution in [-0.4, -0.2) is 22.9 Å². The molecule has 0 aliphatic heterocycles. The number of rotatable bonds is 5. The number of fused-ring (bicyclic) bond motifs is 2. The van der Waals surface area contributed by atoms with Crippen LogP contribution in [0.15, 0.2) is 12.2 Å². The van der Waals surface area contributed by atoms with Crippen LogP contribution in [0.4, 0.5) is 0 Å². The molecular formula is C12H20O2. The standard InChI is InChI=1S/C12H20O2/c13-7-3-1-2-5-12-6-4-10(9-12)8-11(12)14/h4,6,10-11,13-14H,1-3,5,7-9H2. The Morgan fingerprint density at radius 3 is 2.71 bits per heavy atom. The molecule has 2 aliphatic rings. The molecule has 0 saturated heterocycles. The van der Waals surface area contributed by atoms with E-state index in [9.17, 15) is 5.11 Å². The summed E-state index contributed by atoms with van der Waals surface area (Å²) in [6, 6.07) is 0. The molecule has 2 rings (SSSR count). The van der Waals surface area contributed by atoms with Crippen LogP contribution in [0, 0.1) is 11.3 Å². The minimum Gasteiger partial charge on any atom is -0.396 e. The van der Waals surface area contributed by atoms with E-state index in [1.54, 1.807) is 0 Å². The molecule has 0 aromatic heterocycles. The zero-order valence-corrected chi connectivity index (χ0v) is 8.65. The summed E-state index contributed by atoms with van der Waals surface area (Å²) in [6.45, 7) is 0.300. The minimum atomic E-state index is -0.105. The molecule has 2 aliphatic carbocycles. The summed E-state index contributed by atoms with van der Waals surface area (Å²) < 4.78 is 0. The molecule has 2 nitrogen and oxygen atoms in total. The van der Waals surface area contributed by atoms with Crippen LogP contribution in [-0.2, 0) is 0 Å². The van der Waals surface area contributed by atoms with E-state index in [1.807, 2.05) is 0 Å². The first-order chi connectivity index (χ1) is 6.77. The lowest BCUT2D eigenvalue weighted by atomic mass is 9.80. The number of aliphatic hydroxyl groups excluding tert-OH is 2. The molecular weight excluding hydrogens is 176 g/mol. The van der Waals surface area contributed by atoms with Gasteiger partial charge in [-0.25, -0.2) is 0 Å². The number of aliphatic hydroxyl groups is 2. The zero-order valence-electron chi connectivity index (χ0n) is 8.65. The van der Waals surface area contributed by atoms with E-state index in [1.165, 1.54) is 0 Å². The Labute approximate surface area is 85.6 Å². The molecule has 3 atom stereocenters.